The number of para-hydroxylation sites is 2. The highest BCUT2D eigenvalue weighted by atomic mass is 32.1. The van der Waals surface area contributed by atoms with Gasteiger partial charge < -0.3 is 4.74 Å². The van der Waals surface area contributed by atoms with Crippen LogP contribution in [0.3, 0.4) is 0 Å². The van der Waals surface area contributed by atoms with E-state index in [1.807, 2.05) is 95.7 Å². The third kappa shape index (κ3) is 3.32. The summed E-state index contributed by atoms with van der Waals surface area (Å²) in [5, 5.41) is 3.93. The van der Waals surface area contributed by atoms with E-state index >= 15 is 0 Å². The van der Waals surface area contributed by atoms with Crippen molar-refractivity contribution in [3.8, 4) is 11.5 Å². The Balaban J connectivity index is 1.46. The Morgan fingerprint density at radius 1 is 0.793 bits per heavy atom. The Labute approximate surface area is 172 Å². The Morgan fingerprint density at radius 3 is 2.28 bits per heavy atom. The lowest BCUT2D eigenvalue weighted by Gasteiger charge is -2.14. The number of thiophene rings is 1. The van der Waals surface area contributed by atoms with E-state index in [9.17, 15) is 4.79 Å². The van der Waals surface area contributed by atoms with Gasteiger partial charge in [0.2, 0.25) is 0 Å². The summed E-state index contributed by atoms with van der Waals surface area (Å²) in [4.78, 5) is 19.5. The molecule has 0 atom stereocenters. The van der Waals surface area contributed by atoms with E-state index in [-0.39, 0.29) is 5.91 Å². The molecule has 0 spiro atoms. The molecule has 1 aliphatic heterocycles. The summed E-state index contributed by atoms with van der Waals surface area (Å²) in [6.45, 7) is 0. The van der Waals surface area contributed by atoms with Crippen molar-refractivity contribution in [3.63, 3.8) is 0 Å². The second-order valence-electron chi connectivity index (χ2n) is 6.51. The molecule has 0 saturated carbocycles. The van der Waals surface area contributed by atoms with Crippen LogP contribution in [0.2, 0.25) is 0 Å². The zero-order chi connectivity index (χ0) is 19.6. The van der Waals surface area contributed by atoms with Gasteiger partial charge >= 0.3 is 0 Å². The molecule has 0 aliphatic carbocycles. The number of carbonyl (C=O) groups excluding carboxylic acids is 1. The lowest BCUT2D eigenvalue weighted by Crippen LogP contribution is -2.24. The van der Waals surface area contributed by atoms with E-state index in [1.54, 1.807) is 16.2 Å². The highest BCUT2D eigenvalue weighted by molar-refractivity contribution is 7.08. The molecule has 0 bridgehead atoms. The Kier molecular flexibility index (Phi) is 4.42. The van der Waals surface area contributed by atoms with Crippen molar-refractivity contribution < 1.29 is 9.53 Å². The second kappa shape index (κ2) is 7.37. The standard InChI is InChI=1S/C24H16N2O2S/c27-24-23(21-8-4-5-9-22(21)26(24)18-14-15-29-16-18)25-17-10-12-20(13-11-17)28-19-6-2-1-3-7-19/h1-16H. The summed E-state index contributed by atoms with van der Waals surface area (Å²) in [6, 6.07) is 26.7. The lowest BCUT2D eigenvalue weighted by molar-refractivity contribution is -0.111. The Morgan fingerprint density at radius 2 is 1.52 bits per heavy atom. The zero-order valence-electron chi connectivity index (χ0n) is 15.4. The molecule has 1 amide bonds. The molecule has 5 heteroatoms. The van der Waals surface area contributed by atoms with Crippen LogP contribution in [0.25, 0.3) is 0 Å². The summed E-state index contributed by atoms with van der Waals surface area (Å²) in [7, 11) is 0. The molecule has 4 nitrogen and oxygen atoms in total. The molecule has 5 rings (SSSR count). The number of aliphatic imine (C=N–C) groups is 1. The number of ether oxygens (including phenoxy) is 1. The van der Waals surface area contributed by atoms with E-state index in [1.165, 1.54) is 0 Å². The highest BCUT2D eigenvalue weighted by Crippen LogP contribution is 2.37. The highest BCUT2D eigenvalue weighted by Gasteiger charge is 2.34. The van der Waals surface area contributed by atoms with Gasteiger partial charge in [0.1, 0.15) is 17.2 Å². The summed E-state index contributed by atoms with van der Waals surface area (Å²) < 4.78 is 5.82. The predicted octanol–water partition coefficient (Wildman–Crippen LogP) is 6.34. The van der Waals surface area contributed by atoms with E-state index in [0.29, 0.717) is 11.4 Å². The van der Waals surface area contributed by atoms with Gasteiger partial charge in [-0.3, -0.25) is 9.69 Å². The van der Waals surface area contributed by atoms with Crippen molar-refractivity contribution in [3.05, 3.63) is 101 Å². The van der Waals surface area contributed by atoms with Crippen LogP contribution in [0.5, 0.6) is 11.5 Å². The molecule has 140 valence electrons. The first-order chi connectivity index (χ1) is 14.3. The van der Waals surface area contributed by atoms with Crippen molar-refractivity contribution in [1.82, 2.24) is 0 Å². The van der Waals surface area contributed by atoms with Gasteiger partial charge in [-0.2, -0.15) is 11.3 Å². The van der Waals surface area contributed by atoms with Crippen LogP contribution in [0.1, 0.15) is 5.56 Å². The van der Waals surface area contributed by atoms with E-state index in [0.717, 1.165) is 28.4 Å². The summed E-state index contributed by atoms with van der Waals surface area (Å²) in [6.07, 6.45) is 0. The zero-order valence-corrected chi connectivity index (χ0v) is 16.2. The molecule has 0 N–H and O–H groups in total. The number of nitrogens with zero attached hydrogens (tertiary/aromatic N) is 2. The second-order valence-corrected chi connectivity index (χ2v) is 7.29. The molecular formula is C24H16N2O2S. The molecule has 29 heavy (non-hydrogen) atoms. The number of hydrogen-bond acceptors (Lipinski definition) is 4. The van der Waals surface area contributed by atoms with E-state index in [2.05, 4.69) is 4.99 Å². The number of fused-ring (bicyclic) bond motifs is 1. The fraction of sp³-hybridized carbons (Fsp3) is 0. The number of anilines is 2. The van der Waals surface area contributed by atoms with Gasteiger partial charge in [-0.25, -0.2) is 4.99 Å². The molecule has 4 aromatic rings. The average molecular weight is 396 g/mol. The summed E-state index contributed by atoms with van der Waals surface area (Å²) >= 11 is 1.56. The third-order valence-corrected chi connectivity index (χ3v) is 5.30. The summed E-state index contributed by atoms with van der Waals surface area (Å²) in [5.41, 5.74) is 3.72. The molecule has 3 aromatic carbocycles. The van der Waals surface area contributed by atoms with Gasteiger partial charge in [0.15, 0.2) is 0 Å². The molecule has 0 radical (unpaired) electrons. The first-order valence-electron chi connectivity index (χ1n) is 9.17. The first-order valence-corrected chi connectivity index (χ1v) is 10.1. The minimum atomic E-state index is -0.116. The monoisotopic (exact) mass is 396 g/mol. The first kappa shape index (κ1) is 17.4. The normalized spacial score (nSPS) is 14.3. The van der Waals surface area contributed by atoms with Gasteiger partial charge in [0.05, 0.1) is 17.1 Å². The molecule has 0 unspecified atom stereocenters. The maximum Gasteiger partial charge on any atom is 0.282 e. The third-order valence-electron chi connectivity index (χ3n) is 4.63. The van der Waals surface area contributed by atoms with Crippen LogP contribution in [-0.4, -0.2) is 11.6 Å². The number of rotatable bonds is 4. The molecule has 2 heterocycles. The van der Waals surface area contributed by atoms with Crippen molar-refractivity contribution in [1.29, 1.82) is 0 Å². The quantitative estimate of drug-likeness (QED) is 0.404. The van der Waals surface area contributed by atoms with Gasteiger partial charge in [0, 0.05) is 10.9 Å². The Bertz CT molecular complexity index is 1180. The van der Waals surface area contributed by atoms with Crippen molar-refractivity contribution in [2.24, 2.45) is 4.99 Å². The predicted molar refractivity (Wildman–Crippen MR) is 117 cm³/mol. The molecular weight excluding hydrogens is 380 g/mol. The fourth-order valence-electron chi connectivity index (χ4n) is 3.29. The van der Waals surface area contributed by atoms with Crippen LogP contribution in [0.4, 0.5) is 17.1 Å². The van der Waals surface area contributed by atoms with E-state index < -0.39 is 0 Å². The van der Waals surface area contributed by atoms with Crippen LogP contribution >= 0.6 is 11.3 Å². The van der Waals surface area contributed by atoms with Gasteiger partial charge in [-0.15, -0.1) is 0 Å². The average Bonchev–Trinajstić information content (AvgIpc) is 3.37. The number of benzene rings is 3. The molecule has 1 aliphatic rings. The van der Waals surface area contributed by atoms with Crippen LogP contribution in [0.15, 0.2) is 101 Å². The fourth-order valence-corrected chi connectivity index (χ4v) is 3.91. The Hall–Kier alpha value is -3.70. The molecule has 1 aromatic heterocycles. The van der Waals surface area contributed by atoms with Gasteiger partial charge in [-0.1, -0.05) is 36.4 Å². The van der Waals surface area contributed by atoms with Gasteiger partial charge in [-0.05, 0) is 53.9 Å². The topological polar surface area (TPSA) is 41.9 Å². The minimum Gasteiger partial charge on any atom is -0.457 e. The van der Waals surface area contributed by atoms with Crippen LogP contribution in [0, 0.1) is 0 Å². The van der Waals surface area contributed by atoms with Crippen molar-refractivity contribution in [2.75, 3.05) is 4.90 Å². The molecule has 0 fully saturated rings. The number of carbonyl (C=O) groups is 1. The largest absolute Gasteiger partial charge is 0.457 e. The number of amides is 1. The van der Waals surface area contributed by atoms with Gasteiger partial charge in [0.25, 0.3) is 5.91 Å². The lowest BCUT2D eigenvalue weighted by atomic mass is 10.1. The van der Waals surface area contributed by atoms with Crippen LogP contribution in [-0.2, 0) is 4.79 Å². The maximum atomic E-state index is 13.1. The maximum absolute atomic E-state index is 13.1. The SMILES string of the molecule is O=C1C(=Nc2ccc(Oc3ccccc3)cc2)c2ccccc2N1c1ccsc1. The van der Waals surface area contributed by atoms with Crippen molar-refractivity contribution in [2.45, 2.75) is 0 Å². The van der Waals surface area contributed by atoms with Crippen molar-refractivity contribution >= 4 is 40.0 Å². The number of hydrogen-bond donors (Lipinski definition) is 0. The summed E-state index contributed by atoms with van der Waals surface area (Å²) in [5.74, 6) is 1.38. The minimum absolute atomic E-state index is 0.116. The molecule has 0 saturated heterocycles. The smallest absolute Gasteiger partial charge is 0.282 e. The van der Waals surface area contributed by atoms with Crippen LogP contribution < -0.4 is 9.64 Å². The van der Waals surface area contributed by atoms with E-state index in [4.69, 9.17) is 4.74 Å².